The number of rotatable bonds is 8. The zero-order chi connectivity index (χ0) is 34.5. The summed E-state index contributed by atoms with van der Waals surface area (Å²) in [4.78, 5) is 68.9. The Morgan fingerprint density at radius 1 is 1.11 bits per heavy atom. The van der Waals surface area contributed by atoms with Crippen LogP contribution in [0.3, 0.4) is 0 Å². The number of hydrogen-bond acceptors (Lipinski definition) is 11. The Balaban J connectivity index is 1.65. The highest BCUT2D eigenvalue weighted by Gasteiger charge is 2.92. The lowest BCUT2D eigenvalue weighted by Crippen LogP contribution is -2.79. The van der Waals surface area contributed by atoms with Crippen LogP contribution < -0.4 is 0 Å². The molecule has 0 unspecified atom stereocenters. The second-order valence-corrected chi connectivity index (χ2v) is 15.4. The molecule has 1 aromatic heterocycles. The molecule has 4 fully saturated rings. The number of fused-ring (bicyclic) bond motifs is 4. The first kappa shape index (κ1) is 33.4. The molecule has 4 aliphatic carbocycles. The molecule has 5 aliphatic rings. The van der Waals surface area contributed by atoms with Gasteiger partial charge in [0.1, 0.15) is 12.2 Å². The molecule has 0 aromatic carbocycles. The summed E-state index contributed by atoms with van der Waals surface area (Å²) in [7, 11) is 1.29. The average molecular weight is 655 g/mol. The highest BCUT2D eigenvalue weighted by molar-refractivity contribution is 6.08. The van der Waals surface area contributed by atoms with Gasteiger partial charge in [-0.05, 0) is 42.7 Å². The summed E-state index contributed by atoms with van der Waals surface area (Å²) >= 11 is 0. The van der Waals surface area contributed by atoms with Crippen molar-refractivity contribution < 1.29 is 52.4 Å². The van der Waals surface area contributed by atoms with Gasteiger partial charge < -0.3 is 28.5 Å². The minimum absolute atomic E-state index is 0.00527. The molecule has 0 radical (unpaired) electrons. The van der Waals surface area contributed by atoms with Crippen LogP contribution in [0.25, 0.3) is 0 Å². The van der Waals surface area contributed by atoms with E-state index in [0.717, 1.165) is 0 Å². The molecule has 0 amide bonds. The molecule has 1 aromatic rings. The number of methoxy groups -OCH3 is 1. The minimum Gasteiger partial charge on any atom is -0.472 e. The van der Waals surface area contributed by atoms with E-state index in [9.17, 15) is 24.3 Å². The number of ketones is 1. The summed E-state index contributed by atoms with van der Waals surface area (Å²) in [6, 6.07) is 1.72. The SMILES string of the molecule is CC[C@@H](C)C(=O)O[C@@]12C[C@@]3(C)[C@@H](OC(=O)C(C)C)[C@@]1(O)C(=O)C1=C4CC(=O)O[C@H](c5ccoc5)[C@]4(C)CC[C@H]1[C@]2(C)[C@H]3CC(=O)OC. The number of esters is 4. The van der Waals surface area contributed by atoms with Crippen LogP contribution in [0, 0.1) is 39.9 Å². The van der Waals surface area contributed by atoms with Gasteiger partial charge in [-0.25, -0.2) is 0 Å². The second kappa shape index (κ2) is 10.8. The number of cyclic esters (lactones) is 1. The van der Waals surface area contributed by atoms with Crippen LogP contribution in [0.15, 0.2) is 34.2 Å². The van der Waals surface area contributed by atoms with Gasteiger partial charge in [0.2, 0.25) is 5.60 Å². The first-order valence-corrected chi connectivity index (χ1v) is 16.7. The summed E-state index contributed by atoms with van der Waals surface area (Å²) in [6.45, 7) is 12.5. The predicted molar refractivity (Wildman–Crippen MR) is 164 cm³/mol. The van der Waals surface area contributed by atoms with Crippen LogP contribution >= 0.6 is 0 Å². The summed E-state index contributed by atoms with van der Waals surface area (Å²) in [5.74, 6) is -5.36. The second-order valence-electron chi connectivity index (χ2n) is 15.4. The lowest BCUT2D eigenvalue weighted by molar-refractivity contribution is -0.280. The third-order valence-electron chi connectivity index (χ3n) is 12.8. The van der Waals surface area contributed by atoms with E-state index < -0.39 is 93.0 Å². The van der Waals surface area contributed by atoms with Gasteiger partial charge in [0.05, 0.1) is 37.9 Å². The van der Waals surface area contributed by atoms with Gasteiger partial charge >= 0.3 is 23.9 Å². The average Bonchev–Trinajstić information content (AvgIpc) is 3.68. The number of ether oxygens (including phenoxy) is 4. The highest BCUT2D eigenvalue weighted by Crippen LogP contribution is 2.81. The first-order chi connectivity index (χ1) is 22.0. The number of hydrogen-bond donors (Lipinski definition) is 1. The number of carbonyl (C=O) groups excluding carboxylic acids is 5. The Labute approximate surface area is 274 Å². The van der Waals surface area contributed by atoms with Gasteiger partial charge in [0, 0.05) is 40.2 Å². The van der Waals surface area contributed by atoms with Gasteiger partial charge in [-0.2, -0.15) is 0 Å². The number of carbonyl (C=O) groups is 5. The summed E-state index contributed by atoms with van der Waals surface area (Å²) in [5.41, 5.74) is -6.06. The van der Waals surface area contributed by atoms with E-state index in [1.807, 2.05) is 20.8 Å². The third-order valence-corrected chi connectivity index (χ3v) is 12.8. The van der Waals surface area contributed by atoms with E-state index in [1.165, 1.54) is 19.6 Å². The van der Waals surface area contributed by atoms with Crippen molar-refractivity contribution in [2.24, 2.45) is 39.9 Å². The fourth-order valence-electron chi connectivity index (χ4n) is 10.2. The number of aliphatic hydroxyl groups is 1. The minimum atomic E-state index is -2.50. The molecule has 10 atom stereocenters. The van der Waals surface area contributed by atoms with Gasteiger partial charge in [0.15, 0.2) is 11.4 Å². The lowest BCUT2D eigenvalue weighted by Gasteiger charge is -2.66. The topological polar surface area (TPSA) is 156 Å². The van der Waals surface area contributed by atoms with Crippen molar-refractivity contribution in [1.82, 2.24) is 0 Å². The molecule has 1 saturated heterocycles. The molecule has 1 N–H and O–H groups in total. The maximum atomic E-state index is 15.3. The number of furan rings is 1. The fourth-order valence-corrected chi connectivity index (χ4v) is 10.2. The normalized spacial score (nSPS) is 40.8. The Hall–Kier alpha value is -3.47. The van der Waals surface area contributed by atoms with Crippen LogP contribution in [0.4, 0.5) is 0 Å². The van der Waals surface area contributed by atoms with Gasteiger partial charge in [-0.1, -0.05) is 48.5 Å². The molecule has 1 aliphatic heterocycles. The van der Waals surface area contributed by atoms with Gasteiger partial charge in [-0.15, -0.1) is 0 Å². The quantitative estimate of drug-likeness (QED) is 0.304. The summed E-state index contributed by atoms with van der Waals surface area (Å²) in [5, 5.41) is 13.2. The van der Waals surface area contributed by atoms with Crippen LogP contribution in [-0.4, -0.2) is 59.2 Å². The molecule has 0 spiro atoms. The van der Waals surface area contributed by atoms with Crippen molar-refractivity contribution in [3.8, 4) is 0 Å². The molecule has 256 valence electrons. The monoisotopic (exact) mass is 654 g/mol. The molecule has 47 heavy (non-hydrogen) atoms. The molecule has 2 heterocycles. The zero-order valence-corrected chi connectivity index (χ0v) is 28.5. The van der Waals surface area contributed by atoms with Crippen molar-refractivity contribution >= 4 is 29.7 Å². The van der Waals surface area contributed by atoms with Crippen molar-refractivity contribution in [3.63, 3.8) is 0 Å². The largest absolute Gasteiger partial charge is 0.472 e. The van der Waals surface area contributed by atoms with Crippen LogP contribution in [0.1, 0.15) is 98.7 Å². The molecule has 11 nitrogen and oxygen atoms in total. The van der Waals surface area contributed by atoms with Crippen LogP contribution in [-0.2, 0) is 42.9 Å². The molecule has 6 rings (SSSR count). The van der Waals surface area contributed by atoms with E-state index in [-0.39, 0.29) is 24.8 Å². The predicted octanol–water partition coefficient (Wildman–Crippen LogP) is 4.80. The van der Waals surface area contributed by atoms with Crippen molar-refractivity contribution in [3.05, 3.63) is 35.3 Å². The maximum Gasteiger partial charge on any atom is 0.310 e. The molecule has 3 saturated carbocycles. The Kier molecular flexibility index (Phi) is 7.66. The standard InChI is InChI=1S/C36H46O11/c1-9-19(4)30(41)47-35-17-33(6)23(15-24(37)43-8)34(35,7)21-10-12-32(5)22(14-25(38)45-28(32)20-11-13-44-16-20)26(21)27(39)36(35,42)31(33)46-29(40)18(2)3/h11,13,16,18-19,21,23,28,31,42H,9-10,12,14-15,17H2,1-8H3/t19-,21-,23+,28-,31-,32-,33-,34-,35-,36+/m1/s1. The summed E-state index contributed by atoms with van der Waals surface area (Å²) < 4.78 is 29.0. The van der Waals surface area contributed by atoms with Crippen molar-refractivity contribution in [1.29, 1.82) is 0 Å². The van der Waals surface area contributed by atoms with Crippen LogP contribution in [0.5, 0.6) is 0 Å². The molecule has 11 heteroatoms. The van der Waals surface area contributed by atoms with Crippen LogP contribution in [0.2, 0.25) is 0 Å². The third kappa shape index (κ3) is 4.10. The van der Waals surface area contributed by atoms with Crippen molar-refractivity contribution in [2.45, 2.75) is 110 Å². The summed E-state index contributed by atoms with van der Waals surface area (Å²) in [6.07, 6.45) is 1.90. The van der Waals surface area contributed by atoms with E-state index >= 15 is 4.79 Å². The van der Waals surface area contributed by atoms with E-state index in [0.29, 0.717) is 30.4 Å². The molecular weight excluding hydrogens is 608 g/mol. The molecular formula is C36H46O11. The highest BCUT2D eigenvalue weighted by atomic mass is 16.6. The Morgan fingerprint density at radius 2 is 1.81 bits per heavy atom. The smallest absolute Gasteiger partial charge is 0.310 e. The van der Waals surface area contributed by atoms with E-state index in [2.05, 4.69) is 0 Å². The van der Waals surface area contributed by atoms with Gasteiger partial charge in [0.25, 0.3) is 0 Å². The zero-order valence-electron chi connectivity index (χ0n) is 28.5. The maximum absolute atomic E-state index is 15.3. The molecule has 2 bridgehead atoms. The Bertz CT molecular complexity index is 1560. The Morgan fingerprint density at radius 3 is 2.40 bits per heavy atom. The fraction of sp³-hybridized carbons (Fsp3) is 0.694. The lowest BCUT2D eigenvalue weighted by atomic mass is 9.41. The van der Waals surface area contributed by atoms with E-state index in [4.69, 9.17) is 23.4 Å². The van der Waals surface area contributed by atoms with E-state index in [1.54, 1.807) is 33.8 Å². The number of Topliss-reactive ketones (excluding diaryl/α,β-unsaturated/α-hetero) is 1. The van der Waals surface area contributed by atoms with Gasteiger partial charge in [-0.3, -0.25) is 24.0 Å². The van der Waals surface area contributed by atoms with Crippen molar-refractivity contribution in [2.75, 3.05) is 7.11 Å². The first-order valence-electron chi connectivity index (χ1n) is 16.7.